The number of nitrogens with one attached hydrogen (secondary N) is 1. The Morgan fingerprint density at radius 2 is 1.72 bits per heavy atom. The predicted octanol–water partition coefficient (Wildman–Crippen LogP) is 0.511. The Hall–Kier alpha value is -1.40. The number of anilines is 2. The Bertz CT molecular complexity index is 411. The Kier molecular flexibility index (Phi) is 4.13. The summed E-state index contributed by atoms with van der Waals surface area (Å²) in [5.74, 6) is 1.47. The van der Waals surface area contributed by atoms with Gasteiger partial charge in [0.2, 0.25) is 0 Å². The van der Waals surface area contributed by atoms with Gasteiger partial charge in [-0.1, -0.05) is 20.8 Å². The minimum Gasteiger partial charge on any atom is -0.394 e. The van der Waals surface area contributed by atoms with Crippen LogP contribution in [0.25, 0.3) is 0 Å². The van der Waals surface area contributed by atoms with E-state index in [4.69, 9.17) is 5.73 Å². The number of nitrogen functional groups attached to an aromatic ring is 1. The molecule has 0 aliphatic rings. The molecular formula is C12H22N4O2. The lowest BCUT2D eigenvalue weighted by Gasteiger charge is -2.27. The second-order valence-corrected chi connectivity index (χ2v) is 5.75. The summed E-state index contributed by atoms with van der Waals surface area (Å²) >= 11 is 0. The molecule has 0 amide bonds. The van der Waals surface area contributed by atoms with Crippen LogP contribution in [0.15, 0.2) is 6.07 Å². The molecule has 0 saturated carbocycles. The Balaban J connectivity index is 3.08. The molecule has 0 saturated heterocycles. The van der Waals surface area contributed by atoms with Crippen LogP contribution in [0.3, 0.4) is 0 Å². The molecule has 0 aromatic carbocycles. The van der Waals surface area contributed by atoms with E-state index in [1.165, 1.54) is 0 Å². The van der Waals surface area contributed by atoms with Gasteiger partial charge < -0.3 is 21.3 Å². The molecule has 0 bridgehead atoms. The van der Waals surface area contributed by atoms with Crippen LogP contribution >= 0.6 is 0 Å². The summed E-state index contributed by atoms with van der Waals surface area (Å²) in [5.41, 5.74) is 4.68. The molecule has 1 rings (SSSR count). The SMILES string of the molecule is CC(CO)(CO)Nc1cc(N)nc(C(C)(C)C)n1. The molecule has 102 valence electrons. The molecule has 1 aromatic heterocycles. The zero-order chi connectivity index (χ0) is 14.0. The van der Waals surface area contributed by atoms with E-state index in [-0.39, 0.29) is 18.6 Å². The Labute approximate surface area is 107 Å². The summed E-state index contributed by atoms with van der Waals surface area (Å²) in [5, 5.41) is 21.5. The van der Waals surface area contributed by atoms with Crippen LogP contribution in [0.1, 0.15) is 33.5 Å². The van der Waals surface area contributed by atoms with Crippen molar-refractivity contribution >= 4 is 11.6 Å². The van der Waals surface area contributed by atoms with Gasteiger partial charge in [0.05, 0.1) is 18.8 Å². The quantitative estimate of drug-likeness (QED) is 0.624. The molecule has 0 spiro atoms. The first-order valence-electron chi connectivity index (χ1n) is 5.85. The number of aliphatic hydroxyl groups is 2. The molecule has 0 aliphatic carbocycles. The fraction of sp³-hybridized carbons (Fsp3) is 0.667. The van der Waals surface area contributed by atoms with E-state index in [0.717, 1.165) is 0 Å². The van der Waals surface area contributed by atoms with Crippen LogP contribution in [0, 0.1) is 0 Å². The molecule has 18 heavy (non-hydrogen) atoms. The maximum atomic E-state index is 9.25. The monoisotopic (exact) mass is 254 g/mol. The van der Waals surface area contributed by atoms with Gasteiger partial charge in [0, 0.05) is 11.5 Å². The van der Waals surface area contributed by atoms with Crippen molar-refractivity contribution in [1.29, 1.82) is 0 Å². The minimum atomic E-state index is -0.837. The third-order valence-electron chi connectivity index (χ3n) is 2.54. The molecule has 6 nitrogen and oxygen atoms in total. The third kappa shape index (κ3) is 3.54. The van der Waals surface area contributed by atoms with E-state index >= 15 is 0 Å². The number of aromatic nitrogens is 2. The fourth-order valence-electron chi connectivity index (χ4n) is 1.30. The van der Waals surface area contributed by atoms with Crippen molar-refractivity contribution in [3.05, 3.63) is 11.9 Å². The molecule has 0 radical (unpaired) electrons. The molecule has 5 N–H and O–H groups in total. The van der Waals surface area contributed by atoms with Gasteiger partial charge in [-0.3, -0.25) is 0 Å². The first-order valence-corrected chi connectivity index (χ1v) is 5.85. The highest BCUT2D eigenvalue weighted by Gasteiger charge is 2.24. The van der Waals surface area contributed by atoms with E-state index in [1.54, 1.807) is 13.0 Å². The summed E-state index contributed by atoms with van der Waals surface area (Å²) < 4.78 is 0. The van der Waals surface area contributed by atoms with Gasteiger partial charge in [-0.15, -0.1) is 0 Å². The van der Waals surface area contributed by atoms with Gasteiger partial charge in [-0.2, -0.15) is 0 Å². The largest absolute Gasteiger partial charge is 0.394 e. The maximum absolute atomic E-state index is 9.25. The van der Waals surface area contributed by atoms with Crippen molar-refractivity contribution in [2.45, 2.75) is 38.6 Å². The van der Waals surface area contributed by atoms with Crippen LogP contribution < -0.4 is 11.1 Å². The van der Waals surface area contributed by atoms with Crippen molar-refractivity contribution < 1.29 is 10.2 Å². The van der Waals surface area contributed by atoms with Crippen molar-refractivity contribution in [2.24, 2.45) is 0 Å². The van der Waals surface area contributed by atoms with Gasteiger partial charge in [-0.25, -0.2) is 9.97 Å². The van der Waals surface area contributed by atoms with Crippen molar-refractivity contribution in [1.82, 2.24) is 9.97 Å². The van der Waals surface area contributed by atoms with E-state index in [2.05, 4.69) is 15.3 Å². The number of aliphatic hydroxyl groups excluding tert-OH is 2. The Morgan fingerprint density at radius 1 is 1.17 bits per heavy atom. The second-order valence-electron chi connectivity index (χ2n) is 5.75. The molecule has 1 heterocycles. The van der Waals surface area contributed by atoms with Gasteiger partial charge in [0.1, 0.15) is 17.5 Å². The normalized spacial score (nSPS) is 12.6. The molecule has 1 aromatic rings. The number of rotatable bonds is 4. The summed E-state index contributed by atoms with van der Waals surface area (Å²) in [6.45, 7) is 7.24. The molecule has 6 heteroatoms. The summed E-state index contributed by atoms with van der Waals surface area (Å²) in [7, 11) is 0. The zero-order valence-corrected chi connectivity index (χ0v) is 11.4. The summed E-state index contributed by atoms with van der Waals surface area (Å²) in [6.07, 6.45) is 0. The highest BCUT2D eigenvalue weighted by Crippen LogP contribution is 2.22. The molecule has 0 aliphatic heterocycles. The number of hydrogen-bond acceptors (Lipinski definition) is 6. The van der Waals surface area contributed by atoms with E-state index in [0.29, 0.717) is 17.5 Å². The average Bonchev–Trinajstić information content (AvgIpc) is 2.27. The number of nitrogens with two attached hydrogens (primary N) is 1. The average molecular weight is 254 g/mol. The van der Waals surface area contributed by atoms with Crippen LogP contribution in [-0.4, -0.2) is 38.9 Å². The standard InChI is InChI=1S/C12H22N4O2/c1-11(2,3)10-14-8(13)5-9(15-10)16-12(4,6-17)7-18/h5,17-18H,6-7H2,1-4H3,(H3,13,14,15,16). The zero-order valence-electron chi connectivity index (χ0n) is 11.4. The van der Waals surface area contributed by atoms with Gasteiger partial charge in [0.15, 0.2) is 0 Å². The molecule has 0 fully saturated rings. The number of nitrogens with zero attached hydrogens (tertiary/aromatic N) is 2. The van der Waals surface area contributed by atoms with Crippen molar-refractivity contribution in [3.8, 4) is 0 Å². The second kappa shape index (κ2) is 5.07. The lowest BCUT2D eigenvalue weighted by Crippen LogP contribution is -2.43. The van der Waals surface area contributed by atoms with E-state index < -0.39 is 5.54 Å². The highest BCUT2D eigenvalue weighted by atomic mass is 16.3. The predicted molar refractivity (Wildman–Crippen MR) is 71.3 cm³/mol. The molecule has 0 unspecified atom stereocenters. The summed E-state index contributed by atoms with van der Waals surface area (Å²) in [4.78, 5) is 8.55. The topological polar surface area (TPSA) is 104 Å². The van der Waals surface area contributed by atoms with E-state index in [9.17, 15) is 10.2 Å². The van der Waals surface area contributed by atoms with Crippen LogP contribution in [0.5, 0.6) is 0 Å². The van der Waals surface area contributed by atoms with Crippen LogP contribution in [-0.2, 0) is 5.41 Å². The van der Waals surface area contributed by atoms with Crippen LogP contribution in [0.2, 0.25) is 0 Å². The van der Waals surface area contributed by atoms with Gasteiger partial charge in [-0.05, 0) is 6.92 Å². The molecule has 0 atom stereocenters. The first-order chi connectivity index (χ1) is 8.20. The fourth-order valence-corrected chi connectivity index (χ4v) is 1.30. The lowest BCUT2D eigenvalue weighted by atomic mass is 9.95. The summed E-state index contributed by atoms with van der Waals surface area (Å²) in [6, 6.07) is 1.58. The van der Waals surface area contributed by atoms with Crippen molar-refractivity contribution in [2.75, 3.05) is 24.3 Å². The number of hydrogen-bond donors (Lipinski definition) is 4. The minimum absolute atomic E-state index is 0.210. The van der Waals surface area contributed by atoms with Crippen molar-refractivity contribution in [3.63, 3.8) is 0 Å². The van der Waals surface area contributed by atoms with Gasteiger partial charge in [0.25, 0.3) is 0 Å². The van der Waals surface area contributed by atoms with Crippen LogP contribution in [0.4, 0.5) is 11.6 Å². The Morgan fingerprint density at radius 3 is 2.17 bits per heavy atom. The smallest absolute Gasteiger partial charge is 0.138 e. The van der Waals surface area contributed by atoms with Gasteiger partial charge >= 0.3 is 0 Å². The first kappa shape index (κ1) is 14.7. The highest BCUT2D eigenvalue weighted by molar-refractivity contribution is 5.47. The third-order valence-corrected chi connectivity index (χ3v) is 2.54. The van der Waals surface area contributed by atoms with E-state index in [1.807, 2.05) is 20.8 Å². The lowest BCUT2D eigenvalue weighted by molar-refractivity contribution is 0.147. The molecular weight excluding hydrogens is 232 g/mol. The maximum Gasteiger partial charge on any atom is 0.138 e.